The molecule has 0 aliphatic heterocycles. The molecule has 0 spiro atoms. The SMILES string of the molecule is O=C([O-])C(O)(c1cccs1)c1cccs1.[Na+]. The zero-order valence-electron chi connectivity index (χ0n) is 8.54. The number of rotatable bonds is 3. The summed E-state index contributed by atoms with van der Waals surface area (Å²) in [6, 6.07) is 6.56. The van der Waals surface area contributed by atoms with Crippen molar-refractivity contribution >= 4 is 28.6 Å². The summed E-state index contributed by atoms with van der Waals surface area (Å²) in [7, 11) is 0. The third-order valence-electron chi connectivity index (χ3n) is 2.05. The Morgan fingerprint density at radius 3 is 1.88 bits per heavy atom. The summed E-state index contributed by atoms with van der Waals surface area (Å²) in [5, 5.41) is 24.7. The van der Waals surface area contributed by atoms with Gasteiger partial charge in [0, 0.05) is 9.75 Å². The largest absolute Gasteiger partial charge is 1.00 e. The minimum Gasteiger partial charge on any atom is -0.546 e. The van der Waals surface area contributed by atoms with Gasteiger partial charge in [-0.3, -0.25) is 0 Å². The van der Waals surface area contributed by atoms with Crippen molar-refractivity contribution in [3.63, 3.8) is 0 Å². The summed E-state index contributed by atoms with van der Waals surface area (Å²) in [5.74, 6) is -1.49. The van der Waals surface area contributed by atoms with Crippen LogP contribution in [0.15, 0.2) is 35.0 Å². The van der Waals surface area contributed by atoms with Crippen LogP contribution in [0.25, 0.3) is 0 Å². The van der Waals surface area contributed by atoms with Crippen molar-refractivity contribution in [2.75, 3.05) is 0 Å². The Balaban J connectivity index is 0.00000128. The number of aliphatic hydroxyl groups is 1. The topological polar surface area (TPSA) is 60.4 Å². The predicted molar refractivity (Wildman–Crippen MR) is 56.6 cm³/mol. The maximum absolute atomic E-state index is 11.1. The molecule has 0 atom stereocenters. The normalized spacial score (nSPS) is 10.8. The van der Waals surface area contributed by atoms with Crippen LogP contribution in [0.5, 0.6) is 0 Å². The molecule has 78 valence electrons. The van der Waals surface area contributed by atoms with E-state index in [1.165, 1.54) is 22.7 Å². The average Bonchev–Trinajstić information content (AvgIpc) is 2.89. The van der Waals surface area contributed by atoms with Crippen molar-refractivity contribution in [1.29, 1.82) is 0 Å². The van der Waals surface area contributed by atoms with Gasteiger partial charge in [0.05, 0.1) is 5.97 Å². The quantitative estimate of drug-likeness (QED) is 0.639. The van der Waals surface area contributed by atoms with Gasteiger partial charge in [0.25, 0.3) is 0 Å². The van der Waals surface area contributed by atoms with Crippen LogP contribution >= 0.6 is 22.7 Å². The van der Waals surface area contributed by atoms with Crippen LogP contribution in [0.2, 0.25) is 0 Å². The van der Waals surface area contributed by atoms with Gasteiger partial charge in [-0.2, -0.15) is 0 Å². The minimum atomic E-state index is -2.01. The third-order valence-corrected chi connectivity index (χ3v) is 4.01. The zero-order chi connectivity index (χ0) is 10.9. The van der Waals surface area contributed by atoms with Crippen LogP contribution in [-0.2, 0) is 10.4 Å². The number of hydrogen-bond acceptors (Lipinski definition) is 5. The molecule has 3 nitrogen and oxygen atoms in total. The van der Waals surface area contributed by atoms with Gasteiger partial charge in [-0.1, -0.05) is 12.1 Å². The van der Waals surface area contributed by atoms with Crippen molar-refractivity contribution in [1.82, 2.24) is 0 Å². The van der Waals surface area contributed by atoms with Crippen LogP contribution in [0.4, 0.5) is 0 Å². The van der Waals surface area contributed by atoms with E-state index in [1.807, 2.05) is 0 Å². The second-order valence-electron chi connectivity index (χ2n) is 2.95. The summed E-state index contributed by atoms with van der Waals surface area (Å²) in [4.78, 5) is 11.8. The van der Waals surface area contributed by atoms with Crippen LogP contribution in [0, 0.1) is 0 Å². The number of carboxylic acid groups (broad SMARTS) is 1. The van der Waals surface area contributed by atoms with E-state index in [0.717, 1.165) is 0 Å². The van der Waals surface area contributed by atoms with E-state index >= 15 is 0 Å². The molecule has 0 saturated heterocycles. The molecule has 0 aliphatic carbocycles. The molecule has 16 heavy (non-hydrogen) atoms. The molecule has 0 fully saturated rings. The Bertz CT molecular complexity index is 416. The number of carboxylic acids is 1. The van der Waals surface area contributed by atoms with Gasteiger partial charge in [-0.25, -0.2) is 0 Å². The smallest absolute Gasteiger partial charge is 0.546 e. The number of thiophene rings is 2. The van der Waals surface area contributed by atoms with E-state index in [2.05, 4.69) is 0 Å². The summed E-state index contributed by atoms with van der Waals surface area (Å²) in [6.45, 7) is 0. The van der Waals surface area contributed by atoms with Crippen molar-refractivity contribution in [2.45, 2.75) is 5.60 Å². The van der Waals surface area contributed by atoms with Crippen LogP contribution in [-0.4, -0.2) is 11.1 Å². The maximum atomic E-state index is 11.1. The molecule has 0 unspecified atom stereocenters. The molecule has 0 saturated carbocycles. The van der Waals surface area contributed by atoms with E-state index in [0.29, 0.717) is 9.75 Å². The predicted octanol–water partition coefficient (Wildman–Crippen LogP) is -2.20. The summed E-state index contributed by atoms with van der Waals surface area (Å²) in [5.41, 5.74) is -2.01. The summed E-state index contributed by atoms with van der Waals surface area (Å²) < 4.78 is 0. The molecule has 2 aromatic heterocycles. The Morgan fingerprint density at radius 1 is 1.19 bits per heavy atom. The fourth-order valence-corrected chi connectivity index (χ4v) is 3.01. The zero-order valence-corrected chi connectivity index (χ0v) is 12.2. The molecule has 6 heteroatoms. The standard InChI is InChI=1S/C10H8O3S2.Na/c11-9(12)10(13,7-3-1-5-14-7)8-4-2-6-15-8;/h1-6,13H,(H,11,12);/q;+1/p-1. The van der Waals surface area contributed by atoms with Crippen LogP contribution in [0.1, 0.15) is 9.75 Å². The van der Waals surface area contributed by atoms with Gasteiger partial charge in [0.1, 0.15) is 0 Å². The number of carbonyl (C=O) groups excluding carboxylic acids is 1. The van der Waals surface area contributed by atoms with Gasteiger partial charge in [0.2, 0.25) is 0 Å². The Morgan fingerprint density at radius 2 is 1.62 bits per heavy atom. The van der Waals surface area contributed by atoms with Gasteiger partial charge in [-0.05, 0) is 22.9 Å². The summed E-state index contributed by atoms with van der Waals surface area (Å²) in [6.07, 6.45) is 0. The number of carbonyl (C=O) groups is 1. The van der Waals surface area contributed by atoms with E-state index in [1.54, 1.807) is 35.0 Å². The van der Waals surface area contributed by atoms with Crippen molar-refractivity contribution in [3.8, 4) is 0 Å². The second kappa shape index (κ2) is 5.44. The summed E-state index contributed by atoms with van der Waals surface area (Å²) >= 11 is 2.38. The van der Waals surface area contributed by atoms with E-state index in [9.17, 15) is 15.0 Å². The Kier molecular flexibility index (Phi) is 4.73. The van der Waals surface area contributed by atoms with E-state index in [4.69, 9.17) is 0 Å². The number of aliphatic carboxylic acids is 1. The van der Waals surface area contributed by atoms with Crippen LogP contribution in [0.3, 0.4) is 0 Å². The first-order valence-electron chi connectivity index (χ1n) is 4.17. The molecule has 0 aliphatic rings. The second-order valence-corrected chi connectivity index (χ2v) is 4.85. The van der Waals surface area contributed by atoms with Gasteiger partial charge < -0.3 is 15.0 Å². The van der Waals surface area contributed by atoms with Gasteiger partial charge >= 0.3 is 29.6 Å². The number of hydrogen-bond donors (Lipinski definition) is 1. The monoisotopic (exact) mass is 262 g/mol. The molecule has 0 radical (unpaired) electrons. The van der Waals surface area contributed by atoms with Crippen molar-refractivity contribution in [2.24, 2.45) is 0 Å². The average molecular weight is 262 g/mol. The molecule has 0 amide bonds. The van der Waals surface area contributed by atoms with Gasteiger partial charge in [-0.15, -0.1) is 22.7 Å². The molecular weight excluding hydrogens is 255 g/mol. The van der Waals surface area contributed by atoms with E-state index in [-0.39, 0.29) is 29.6 Å². The molecule has 1 N–H and O–H groups in total. The Hall–Kier alpha value is -0.170. The molecule has 2 heterocycles. The first-order valence-corrected chi connectivity index (χ1v) is 5.93. The molecule has 2 rings (SSSR count). The van der Waals surface area contributed by atoms with E-state index < -0.39 is 11.6 Å². The fourth-order valence-electron chi connectivity index (χ4n) is 1.29. The van der Waals surface area contributed by atoms with Gasteiger partial charge in [0.15, 0.2) is 5.60 Å². The first-order chi connectivity index (χ1) is 7.15. The van der Waals surface area contributed by atoms with Crippen LogP contribution < -0.4 is 34.7 Å². The molecule has 2 aromatic rings. The molecule has 0 bridgehead atoms. The first kappa shape index (κ1) is 13.9. The molecule has 0 aromatic carbocycles. The Labute approximate surface area is 123 Å². The fraction of sp³-hybridized carbons (Fsp3) is 0.100. The van der Waals surface area contributed by atoms with Crippen molar-refractivity contribution < 1.29 is 44.6 Å². The maximum Gasteiger partial charge on any atom is 1.00 e. The minimum absolute atomic E-state index is 0. The molecular formula is C10H7NaO3S2. The van der Waals surface area contributed by atoms with Crippen molar-refractivity contribution in [3.05, 3.63) is 44.8 Å². The third kappa shape index (κ3) is 2.25.